The summed E-state index contributed by atoms with van der Waals surface area (Å²) in [5.41, 5.74) is 1.73. The molecule has 2 aromatic rings. The molecule has 20 heavy (non-hydrogen) atoms. The van der Waals surface area contributed by atoms with E-state index in [1.165, 1.54) is 11.3 Å². The molecule has 0 aliphatic rings. The van der Waals surface area contributed by atoms with Crippen LogP contribution in [0.5, 0.6) is 0 Å². The molecule has 0 saturated carbocycles. The third-order valence-electron chi connectivity index (χ3n) is 2.46. The molecule has 4 nitrogen and oxygen atoms in total. The van der Waals surface area contributed by atoms with Crippen molar-refractivity contribution in [3.05, 3.63) is 50.6 Å². The maximum atomic E-state index is 11.7. The van der Waals surface area contributed by atoms with Crippen molar-refractivity contribution in [3.63, 3.8) is 0 Å². The van der Waals surface area contributed by atoms with Gasteiger partial charge in [0.1, 0.15) is 4.88 Å². The van der Waals surface area contributed by atoms with E-state index in [9.17, 15) is 9.59 Å². The first kappa shape index (κ1) is 14.7. The van der Waals surface area contributed by atoms with E-state index in [0.717, 1.165) is 10.0 Å². The molecule has 1 aromatic carbocycles. The summed E-state index contributed by atoms with van der Waals surface area (Å²) < 4.78 is 5.72. The third-order valence-corrected chi connectivity index (χ3v) is 3.96. The Morgan fingerprint density at radius 1 is 1.35 bits per heavy atom. The van der Waals surface area contributed by atoms with Crippen molar-refractivity contribution in [2.24, 2.45) is 0 Å². The highest BCUT2D eigenvalue weighted by Gasteiger charge is 2.11. The van der Waals surface area contributed by atoms with Crippen molar-refractivity contribution in [1.82, 2.24) is 0 Å². The molecule has 0 aliphatic carbocycles. The van der Waals surface area contributed by atoms with Crippen molar-refractivity contribution in [2.45, 2.75) is 6.92 Å². The van der Waals surface area contributed by atoms with E-state index >= 15 is 0 Å². The average molecular weight is 354 g/mol. The molecule has 1 N–H and O–H groups in total. The lowest BCUT2D eigenvalue weighted by atomic mass is 10.2. The topological polar surface area (TPSA) is 55.4 Å². The highest BCUT2D eigenvalue weighted by Crippen LogP contribution is 2.23. The fourth-order valence-corrected chi connectivity index (χ4v) is 2.71. The van der Waals surface area contributed by atoms with Crippen LogP contribution in [0.2, 0.25) is 0 Å². The molecule has 0 atom stereocenters. The summed E-state index contributed by atoms with van der Waals surface area (Å²) in [5, 5.41) is 4.46. The summed E-state index contributed by atoms with van der Waals surface area (Å²) in [5.74, 6) is -0.863. The summed E-state index contributed by atoms with van der Waals surface area (Å²) in [7, 11) is 0. The van der Waals surface area contributed by atoms with Crippen molar-refractivity contribution in [2.75, 3.05) is 11.9 Å². The molecule has 0 spiro atoms. The van der Waals surface area contributed by atoms with Crippen molar-refractivity contribution in [3.8, 4) is 0 Å². The first-order valence-corrected chi connectivity index (χ1v) is 7.50. The van der Waals surface area contributed by atoms with Gasteiger partial charge in [0, 0.05) is 4.47 Å². The molecule has 0 aliphatic heterocycles. The van der Waals surface area contributed by atoms with Gasteiger partial charge in [0.15, 0.2) is 6.61 Å². The Bertz CT molecular complexity index is 625. The predicted octanol–water partition coefficient (Wildman–Crippen LogP) is 3.61. The number of benzene rings is 1. The molecule has 6 heteroatoms. The van der Waals surface area contributed by atoms with Gasteiger partial charge in [-0.25, -0.2) is 4.79 Å². The zero-order valence-electron chi connectivity index (χ0n) is 10.7. The van der Waals surface area contributed by atoms with E-state index in [-0.39, 0.29) is 12.5 Å². The van der Waals surface area contributed by atoms with Crippen molar-refractivity contribution < 1.29 is 14.3 Å². The van der Waals surface area contributed by atoms with Gasteiger partial charge in [0.2, 0.25) is 0 Å². The second-order valence-corrected chi connectivity index (χ2v) is 5.89. The van der Waals surface area contributed by atoms with E-state index in [4.69, 9.17) is 4.74 Å². The zero-order chi connectivity index (χ0) is 14.5. The van der Waals surface area contributed by atoms with Gasteiger partial charge >= 0.3 is 5.97 Å². The number of thiophene rings is 1. The minimum absolute atomic E-state index is 0.308. The highest BCUT2D eigenvalue weighted by atomic mass is 79.9. The van der Waals surface area contributed by atoms with Gasteiger partial charge < -0.3 is 10.1 Å². The number of ether oxygens (including phenoxy) is 1. The Kier molecular flexibility index (Phi) is 4.92. The van der Waals surface area contributed by atoms with Crippen LogP contribution in [-0.4, -0.2) is 18.5 Å². The number of amides is 1. The fraction of sp³-hybridized carbons (Fsp3) is 0.143. The lowest BCUT2D eigenvalue weighted by molar-refractivity contribution is -0.119. The van der Waals surface area contributed by atoms with Crippen LogP contribution in [0.1, 0.15) is 15.2 Å². The monoisotopic (exact) mass is 353 g/mol. The smallest absolute Gasteiger partial charge is 0.348 e. The lowest BCUT2D eigenvalue weighted by Gasteiger charge is -2.08. The van der Waals surface area contributed by atoms with E-state index in [1.54, 1.807) is 23.6 Å². The maximum absolute atomic E-state index is 11.7. The Morgan fingerprint density at radius 3 is 2.80 bits per heavy atom. The number of rotatable bonds is 4. The number of hydrogen-bond acceptors (Lipinski definition) is 4. The van der Waals surface area contributed by atoms with Gasteiger partial charge in [-0.3, -0.25) is 4.79 Å². The number of esters is 1. The Labute approximate surface area is 128 Å². The van der Waals surface area contributed by atoms with E-state index in [1.807, 2.05) is 19.1 Å². The Morgan fingerprint density at radius 2 is 2.15 bits per heavy atom. The predicted molar refractivity (Wildman–Crippen MR) is 82.1 cm³/mol. The lowest BCUT2D eigenvalue weighted by Crippen LogP contribution is -2.20. The number of hydrogen-bond donors (Lipinski definition) is 1. The summed E-state index contributed by atoms with van der Waals surface area (Å²) in [6, 6.07) is 8.98. The van der Waals surface area contributed by atoms with Gasteiger partial charge in [-0.05, 0) is 52.0 Å². The summed E-state index contributed by atoms with van der Waals surface area (Å²) >= 11 is 4.64. The number of aryl methyl sites for hydroxylation is 1. The summed E-state index contributed by atoms with van der Waals surface area (Å²) in [6.07, 6.45) is 0. The van der Waals surface area contributed by atoms with Gasteiger partial charge in [0.25, 0.3) is 5.91 Å². The summed E-state index contributed by atoms with van der Waals surface area (Å²) in [6.45, 7) is 1.65. The quantitative estimate of drug-likeness (QED) is 0.854. The van der Waals surface area contributed by atoms with Crippen LogP contribution in [0.15, 0.2) is 40.2 Å². The molecule has 0 unspecified atom stereocenters. The second kappa shape index (κ2) is 6.67. The molecule has 1 aromatic heterocycles. The molecule has 1 heterocycles. The molecule has 104 valence electrons. The molecule has 0 saturated heterocycles. The minimum atomic E-state index is -0.488. The van der Waals surface area contributed by atoms with Gasteiger partial charge in [-0.15, -0.1) is 11.3 Å². The summed E-state index contributed by atoms with van der Waals surface area (Å²) in [4.78, 5) is 23.8. The van der Waals surface area contributed by atoms with Crippen LogP contribution in [0.25, 0.3) is 0 Å². The average Bonchev–Trinajstić information content (AvgIpc) is 2.93. The SMILES string of the molecule is Cc1ccc(NC(=O)COC(=O)c2cccs2)c(Br)c1. The van der Waals surface area contributed by atoms with Crippen LogP contribution in [0, 0.1) is 6.92 Å². The molecular formula is C14H12BrNO3S. The van der Waals surface area contributed by atoms with Crippen LogP contribution in [0.3, 0.4) is 0 Å². The first-order valence-electron chi connectivity index (χ1n) is 5.83. The minimum Gasteiger partial charge on any atom is -0.451 e. The normalized spacial score (nSPS) is 10.1. The molecule has 0 fully saturated rings. The van der Waals surface area contributed by atoms with E-state index in [0.29, 0.717) is 10.6 Å². The van der Waals surface area contributed by atoms with E-state index in [2.05, 4.69) is 21.2 Å². The molecule has 0 radical (unpaired) electrons. The molecular weight excluding hydrogens is 342 g/mol. The first-order chi connectivity index (χ1) is 9.56. The van der Waals surface area contributed by atoms with Crippen LogP contribution in [-0.2, 0) is 9.53 Å². The Hall–Kier alpha value is -1.66. The van der Waals surface area contributed by atoms with Crippen molar-refractivity contribution in [1.29, 1.82) is 0 Å². The van der Waals surface area contributed by atoms with Gasteiger partial charge in [-0.1, -0.05) is 12.1 Å². The van der Waals surface area contributed by atoms with Crippen LogP contribution in [0.4, 0.5) is 5.69 Å². The number of nitrogens with one attached hydrogen (secondary N) is 1. The van der Waals surface area contributed by atoms with E-state index < -0.39 is 5.97 Å². The number of carbonyl (C=O) groups is 2. The third kappa shape index (κ3) is 3.91. The van der Waals surface area contributed by atoms with Crippen LogP contribution < -0.4 is 5.32 Å². The standard InChI is InChI=1S/C14H12BrNO3S/c1-9-4-5-11(10(15)7-9)16-13(17)8-19-14(18)12-3-2-6-20-12/h2-7H,8H2,1H3,(H,16,17). The number of anilines is 1. The molecule has 0 bridgehead atoms. The van der Waals surface area contributed by atoms with Crippen molar-refractivity contribution >= 4 is 44.8 Å². The second-order valence-electron chi connectivity index (χ2n) is 4.08. The fourth-order valence-electron chi connectivity index (χ4n) is 1.50. The Balaban J connectivity index is 1.88. The molecule has 1 amide bonds. The highest BCUT2D eigenvalue weighted by molar-refractivity contribution is 9.10. The van der Waals surface area contributed by atoms with Gasteiger partial charge in [0.05, 0.1) is 5.69 Å². The largest absolute Gasteiger partial charge is 0.451 e. The zero-order valence-corrected chi connectivity index (χ0v) is 13.1. The van der Waals surface area contributed by atoms with Crippen LogP contribution >= 0.6 is 27.3 Å². The number of halogens is 1. The maximum Gasteiger partial charge on any atom is 0.348 e. The van der Waals surface area contributed by atoms with Gasteiger partial charge in [-0.2, -0.15) is 0 Å². The number of carbonyl (C=O) groups excluding carboxylic acids is 2. The molecule has 2 rings (SSSR count).